The number of aliphatic hydroxyl groups is 1. The van der Waals surface area contributed by atoms with Crippen molar-refractivity contribution in [3.8, 4) is 5.75 Å². The van der Waals surface area contributed by atoms with Gasteiger partial charge in [0.2, 0.25) is 0 Å². The number of halogens is 1. The number of nitrogens with zero attached hydrogens (tertiary/aromatic N) is 1. The molecule has 0 heterocycles. The lowest BCUT2D eigenvalue weighted by atomic mass is 9.69. The lowest BCUT2D eigenvalue weighted by Gasteiger charge is -2.43. The van der Waals surface area contributed by atoms with Crippen LogP contribution >= 0.6 is 15.9 Å². The van der Waals surface area contributed by atoms with E-state index in [1.54, 1.807) is 7.11 Å². The van der Waals surface area contributed by atoms with E-state index < -0.39 is 0 Å². The number of hydrogen-bond acceptors (Lipinski definition) is 3. The van der Waals surface area contributed by atoms with E-state index in [1.807, 2.05) is 12.1 Å². The van der Waals surface area contributed by atoms with Crippen molar-refractivity contribution in [1.82, 2.24) is 0 Å². The van der Waals surface area contributed by atoms with Crippen LogP contribution in [0.4, 0.5) is 5.69 Å². The van der Waals surface area contributed by atoms with Crippen molar-refractivity contribution in [1.29, 1.82) is 0 Å². The fourth-order valence-corrected chi connectivity index (χ4v) is 2.94. The molecule has 0 unspecified atom stereocenters. The Hall–Kier alpha value is -0.740. The van der Waals surface area contributed by atoms with Crippen LogP contribution in [0.3, 0.4) is 0 Å². The lowest BCUT2D eigenvalue weighted by molar-refractivity contribution is 0.0523. The Labute approximate surface area is 117 Å². The minimum absolute atomic E-state index is 0.0854. The molecule has 0 amide bonds. The van der Waals surface area contributed by atoms with Crippen LogP contribution < -0.4 is 9.64 Å². The van der Waals surface area contributed by atoms with Gasteiger partial charge in [-0.25, -0.2) is 0 Å². The summed E-state index contributed by atoms with van der Waals surface area (Å²) >= 11 is 3.49. The molecule has 3 nitrogen and oxygen atoms in total. The molecule has 0 bridgehead atoms. The maximum Gasteiger partial charge on any atom is 0.142 e. The van der Waals surface area contributed by atoms with Crippen molar-refractivity contribution in [3.63, 3.8) is 0 Å². The standard InChI is InChI=1S/C14H20BrNO2/c1-16(9-14(10-17)6-3-7-14)12-8-11(15)4-5-13(12)18-2/h4-5,8,17H,3,6-7,9-10H2,1-2H3. The first kappa shape index (κ1) is 13.7. The number of ether oxygens (including phenoxy) is 1. The van der Waals surface area contributed by atoms with Crippen LogP contribution in [0.25, 0.3) is 0 Å². The zero-order chi connectivity index (χ0) is 13.2. The summed E-state index contributed by atoms with van der Waals surface area (Å²) < 4.78 is 6.43. The van der Waals surface area contributed by atoms with Crippen LogP contribution in [0.2, 0.25) is 0 Å². The van der Waals surface area contributed by atoms with E-state index in [9.17, 15) is 5.11 Å². The molecule has 18 heavy (non-hydrogen) atoms. The van der Waals surface area contributed by atoms with Crippen LogP contribution in [0.1, 0.15) is 19.3 Å². The maximum atomic E-state index is 9.55. The Kier molecular flexibility index (Phi) is 4.17. The summed E-state index contributed by atoms with van der Waals surface area (Å²) in [4.78, 5) is 2.18. The number of anilines is 1. The molecule has 0 radical (unpaired) electrons. The van der Waals surface area contributed by atoms with Gasteiger partial charge in [-0.3, -0.25) is 0 Å². The first-order valence-electron chi connectivity index (χ1n) is 6.26. The monoisotopic (exact) mass is 313 g/mol. The van der Waals surface area contributed by atoms with Crippen LogP contribution in [0, 0.1) is 5.41 Å². The Morgan fingerprint density at radius 1 is 1.44 bits per heavy atom. The molecule has 1 aromatic carbocycles. The second-order valence-electron chi connectivity index (χ2n) is 5.18. The Balaban J connectivity index is 2.17. The summed E-state index contributed by atoms with van der Waals surface area (Å²) in [6, 6.07) is 5.99. The fraction of sp³-hybridized carbons (Fsp3) is 0.571. The van der Waals surface area contributed by atoms with Crippen molar-refractivity contribution in [3.05, 3.63) is 22.7 Å². The van der Waals surface area contributed by atoms with E-state index in [0.717, 1.165) is 35.3 Å². The highest BCUT2D eigenvalue weighted by Gasteiger charge is 2.37. The van der Waals surface area contributed by atoms with Gasteiger partial charge in [0, 0.05) is 23.5 Å². The van der Waals surface area contributed by atoms with Gasteiger partial charge in [0.1, 0.15) is 5.75 Å². The summed E-state index contributed by atoms with van der Waals surface area (Å²) in [5, 5.41) is 9.55. The number of aliphatic hydroxyl groups excluding tert-OH is 1. The molecule has 0 spiro atoms. The smallest absolute Gasteiger partial charge is 0.142 e. The summed E-state index contributed by atoms with van der Waals surface area (Å²) in [5.74, 6) is 0.869. The number of methoxy groups -OCH3 is 1. The summed E-state index contributed by atoms with van der Waals surface area (Å²) in [6.07, 6.45) is 3.46. The number of rotatable bonds is 5. The minimum Gasteiger partial charge on any atom is -0.495 e. The third-order valence-electron chi connectivity index (χ3n) is 3.87. The van der Waals surface area contributed by atoms with Gasteiger partial charge in [-0.05, 0) is 31.0 Å². The van der Waals surface area contributed by atoms with Crippen molar-refractivity contribution >= 4 is 21.6 Å². The summed E-state index contributed by atoms with van der Waals surface area (Å²) in [5.41, 5.74) is 1.15. The Morgan fingerprint density at radius 2 is 2.17 bits per heavy atom. The molecule has 2 rings (SSSR count). The molecule has 1 N–H and O–H groups in total. The molecule has 100 valence electrons. The van der Waals surface area contributed by atoms with Crippen molar-refractivity contribution < 1.29 is 9.84 Å². The van der Waals surface area contributed by atoms with Crippen LogP contribution in [-0.4, -0.2) is 32.4 Å². The van der Waals surface area contributed by atoms with Gasteiger partial charge in [-0.15, -0.1) is 0 Å². The SMILES string of the molecule is COc1ccc(Br)cc1N(C)CC1(CO)CCC1. The third-order valence-corrected chi connectivity index (χ3v) is 4.37. The highest BCUT2D eigenvalue weighted by molar-refractivity contribution is 9.10. The quantitative estimate of drug-likeness (QED) is 0.907. The average Bonchev–Trinajstić information content (AvgIpc) is 2.33. The van der Waals surface area contributed by atoms with E-state index in [1.165, 1.54) is 6.42 Å². The molecule has 1 aliphatic carbocycles. The molecule has 0 aromatic heterocycles. The highest BCUT2D eigenvalue weighted by atomic mass is 79.9. The highest BCUT2D eigenvalue weighted by Crippen LogP contribution is 2.42. The van der Waals surface area contributed by atoms with Crippen LogP contribution in [-0.2, 0) is 0 Å². The maximum absolute atomic E-state index is 9.55. The predicted octanol–water partition coefficient (Wildman–Crippen LogP) is 3.06. The normalized spacial score (nSPS) is 17.1. The van der Waals surface area contributed by atoms with Gasteiger partial charge >= 0.3 is 0 Å². The largest absolute Gasteiger partial charge is 0.495 e. The Morgan fingerprint density at radius 3 is 2.67 bits per heavy atom. The fourth-order valence-electron chi connectivity index (χ4n) is 2.59. The first-order valence-corrected chi connectivity index (χ1v) is 7.05. The second kappa shape index (κ2) is 5.49. The zero-order valence-electron chi connectivity index (χ0n) is 10.9. The molecule has 0 saturated heterocycles. The third kappa shape index (κ3) is 2.64. The second-order valence-corrected chi connectivity index (χ2v) is 6.10. The molecular weight excluding hydrogens is 294 g/mol. The summed E-state index contributed by atoms with van der Waals surface area (Å²) in [7, 11) is 3.74. The zero-order valence-corrected chi connectivity index (χ0v) is 12.5. The van der Waals surface area contributed by atoms with Crippen molar-refractivity contribution in [2.75, 3.05) is 32.2 Å². The summed E-state index contributed by atoms with van der Waals surface area (Å²) in [6.45, 7) is 1.14. The van der Waals surface area contributed by atoms with Gasteiger partial charge in [0.25, 0.3) is 0 Å². The van der Waals surface area contributed by atoms with Crippen LogP contribution in [0.15, 0.2) is 22.7 Å². The van der Waals surface area contributed by atoms with Crippen molar-refractivity contribution in [2.45, 2.75) is 19.3 Å². The molecule has 0 atom stereocenters. The van der Waals surface area contributed by atoms with E-state index in [4.69, 9.17) is 4.74 Å². The van der Waals surface area contributed by atoms with Gasteiger partial charge in [-0.1, -0.05) is 22.4 Å². The van der Waals surface area contributed by atoms with E-state index in [-0.39, 0.29) is 12.0 Å². The van der Waals surface area contributed by atoms with Gasteiger partial charge in [-0.2, -0.15) is 0 Å². The first-order chi connectivity index (χ1) is 8.60. The van der Waals surface area contributed by atoms with E-state index in [0.29, 0.717) is 0 Å². The lowest BCUT2D eigenvalue weighted by Crippen LogP contribution is -2.43. The molecule has 1 aromatic rings. The minimum atomic E-state index is 0.0854. The number of hydrogen-bond donors (Lipinski definition) is 1. The van der Waals surface area contributed by atoms with E-state index >= 15 is 0 Å². The molecule has 1 saturated carbocycles. The molecule has 1 fully saturated rings. The van der Waals surface area contributed by atoms with Gasteiger partial charge in [0.15, 0.2) is 0 Å². The number of benzene rings is 1. The average molecular weight is 314 g/mol. The molecular formula is C14H20BrNO2. The topological polar surface area (TPSA) is 32.7 Å². The molecule has 0 aliphatic heterocycles. The van der Waals surface area contributed by atoms with Gasteiger partial charge < -0.3 is 14.7 Å². The van der Waals surface area contributed by atoms with E-state index in [2.05, 4.69) is 33.9 Å². The predicted molar refractivity (Wildman–Crippen MR) is 77.3 cm³/mol. The van der Waals surface area contributed by atoms with Crippen LogP contribution in [0.5, 0.6) is 5.75 Å². The van der Waals surface area contributed by atoms with Gasteiger partial charge in [0.05, 0.1) is 19.4 Å². The molecule has 4 heteroatoms. The van der Waals surface area contributed by atoms with Crippen molar-refractivity contribution in [2.24, 2.45) is 5.41 Å². The Bertz CT molecular complexity index is 413. The molecule has 1 aliphatic rings.